The predicted molar refractivity (Wildman–Crippen MR) is 162 cm³/mol. The fraction of sp³-hybridized carbons (Fsp3) is 0.0857. The van der Waals surface area contributed by atoms with Gasteiger partial charge in [0.2, 0.25) is 0 Å². The highest BCUT2D eigenvalue weighted by Gasteiger charge is 2.40. The first-order valence-electron chi connectivity index (χ1n) is 13.6. The van der Waals surface area contributed by atoms with E-state index in [0.29, 0.717) is 5.69 Å². The van der Waals surface area contributed by atoms with Gasteiger partial charge in [0.15, 0.2) is 6.29 Å². The lowest BCUT2D eigenvalue weighted by Crippen LogP contribution is -2.38. The molecule has 7 nitrogen and oxygen atoms in total. The monoisotopic (exact) mass is 552 g/mol. The van der Waals surface area contributed by atoms with Gasteiger partial charge in [0.05, 0.1) is 5.52 Å². The van der Waals surface area contributed by atoms with Crippen molar-refractivity contribution in [3.05, 3.63) is 156 Å². The SMILES string of the molecule is CNC(=O)OCc1cncc(-c2ccc3c(c2)c(C=O)nn3C(c2ccccc2)(c2ccccc2)c2ccccc2)c1. The van der Waals surface area contributed by atoms with Gasteiger partial charge in [0.25, 0.3) is 0 Å². The maximum absolute atomic E-state index is 12.5. The van der Waals surface area contributed by atoms with Crippen LogP contribution in [-0.4, -0.2) is 34.2 Å². The van der Waals surface area contributed by atoms with Gasteiger partial charge in [-0.25, -0.2) is 9.48 Å². The number of carbonyl (C=O) groups excluding carboxylic acids is 2. The number of aromatic nitrogens is 3. The molecule has 0 saturated carbocycles. The third kappa shape index (κ3) is 4.71. The van der Waals surface area contributed by atoms with Gasteiger partial charge in [-0.2, -0.15) is 5.10 Å². The Morgan fingerprint density at radius 1 is 0.810 bits per heavy atom. The number of ether oxygens (including phenoxy) is 1. The molecule has 1 amide bonds. The maximum Gasteiger partial charge on any atom is 0.407 e. The van der Waals surface area contributed by atoms with Crippen molar-refractivity contribution in [3.63, 3.8) is 0 Å². The number of fused-ring (bicyclic) bond motifs is 1. The second-order valence-electron chi connectivity index (χ2n) is 9.86. The maximum atomic E-state index is 12.5. The summed E-state index contributed by atoms with van der Waals surface area (Å²) in [6, 6.07) is 38.6. The number of nitrogens with one attached hydrogen (secondary N) is 1. The van der Waals surface area contributed by atoms with Crippen LogP contribution < -0.4 is 5.32 Å². The number of amides is 1. The summed E-state index contributed by atoms with van der Waals surface area (Å²) in [5, 5.41) is 8.15. The van der Waals surface area contributed by atoms with E-state index in [1.165, 1.54) is 7.05 Å². The molecule has 206 valence electrons. The first kappa shape index (κ1) is 26.7. The molecule has 6 aromatic rings. The molecule has 0 aliphatic rings. The fourth-order valence-electron chi connectivity index (χ4n) is 5.51. The Balaban J connectivity index is 1.58. The average Bonchev–Trinajstić information content (AvgIpc) is 3.44. The molecule has 42 heavy (non-hydrogen) atoms. The minimum absolute atomic E-state index is 0.0913. The van der Waals surface area contributed by atoms with E-state index in [4.69, 9.17) is 9.84 Å². The van der Waals surface area contributed by atoms with Crippen molar-refractivity contribution in [1.82, 2.24) is 20.1 Å². The zero-order valence-corrected chi connectivity index (χ0v) is 23.0. The zero-order chi connectivity index (χ0) is 28.9. The molecule has 0 aliphatic heterocycles. The number of hydrogen-bond acceptors (Lipinski definition) is 5. The van der Waals surface area contributed by atoms with Gasteiger partial charge in [-0.1, -0.05) is 97.1 Å². The molecular formula is C35H28N4O3. The summed E-state index contributed by atoms with van der Waals surface area (Å²) in [4.78, 5) is 28.4. The number of rotatable bonds is 8. The summed E-state index contributed by atoms with van der Waals surface area (Å²) in [6.07, 6.45) is 3.70. The van der Waals surface area contributed by atoms with Crippen molar-refractivity contribution in [3.8, 4) is 11.1 Å². The molecular weight excluding hydrogens is 524 g/mol. The Morgan fingerprint density at radius 3 is 1.95 bits per heavy atom. The van der Waals surface area contributed by atoms with Crippen molar-refractivity contribution in [2.75, 3.05) is 7.05 Å². The van der Waals surface area contributed by atoms with Crippen molar-refractivity contribution < 1.29 is 14.3 Å². The summed E-state index contributed by atoms with van der Waals surface area (Å²) in [7, 11) is 1.51. The van der Waals surface area contributed by atoms with Crippen molar-refractivity contribution in [2.45, 2.75) is 12.1 Å². The van der Waals surface area contributed by atoms with Gasteiger partial charge in [-0.05, 0) is 40.5 Å². The first-order valence-corrected chi connectivity index (χ1v) is 13.6. The highest BCUT2D eigenvalue weighted by Crippen LogP contribution is 2.43. The molecule has 0 bridgehead atoms. The van der Waals surface area contributed by atoms with E-state index >= 15 is 0 Å². The van der Waals surface area contributed by atoms with Crippen molar-refractivity contribution >= 4 is 23.3 Å². The van der Waals surface area contributed by atoms with E-state index < -0.39 is 11.6 Å². The molecule has 1 N–H and O–H groups in total. The van der Waals surface area contributed by atoms with Gasteiger partial charge in [-0.3, -0.25) is 9.78 Å². The Labute approximate surface area is 243 Å². The van der Waals surface area contributed by atoms with E-state index in [1.54, 1.807) is 12.4 Å². The summed E-state index contributed by atoms with van der Waals surface area (Å²) < 4.78 is 7.17. The highest BCUT2D eigenvalue weighted by molar-refractivity contribution is 5.98. The van der Waals surface area contributed by atoms with Gasteiger partial charge in [0, 0.05) is 36.0 Å². The fourth-order valence-corrected chi connectivity index (χ4v) is 5.51. The summed E-state index contributed by atoms with van der Waals surface area (Å²) in [5.41, 5.74) is 5.78. The summed E-state index contributed by atoms with van der Waals surface area (Å²) in [5.74, 6) is 0. The lowest BCUT2D eigenvalue weighted by Gasteiger charge is -2.37. The van der Waals surface area contributed by atoms with E-state index in [2.05, 4.69) is 46.7 Å². The molecule has 0 radical (unpaired) electrons. The van der Waals surface area contributed by atoms with Crippen LogP contribution in [0.1, 0.15) is 32.7 Å². The van der Waals surface area contributed by atoms with E-state index in [1.807, 2.05) is 83.5 Å². The average molecular weight is 553 g/mol. The lowest BCUT2D eigenvalue weighted by atomic mass is 9.77. The smallest absolute Gasteiger partial charge is 0.407 e. The molecule has 0 unspecified atom stereocenters. The number of alkyl carbamates (subject to hydrolysis) is 1. The van der Waals surface area contributed by atoms with Gasteiger partial charge in [-0.15, -0.1) is 0 Å². The van der Waals surface area contributed by atoms with E-state index in [9.17, 15) is 9.59 Å². The number of aldehydes is 1. The lowest BCUT2D eigenvalue weighted by molar-refractivity contribution is 0.111. The Hall–Kier alpha value is -5.56. The van der Waals surface area contributed by atoms with Crippen LogP contribution in [0.2, 0.25) is 0 Å². The quantitative estimate of drug-likeness (QED) is 0.170. The summed E-state index contributed by atoms with van der Waals surface area (Å²) >= 11 is 0. The predicted octanol–water partition coefficient (Wildman–Crippen LogP) is 6.61. The van der Waals surface area contributed by atoms with Crippen molar-refractivity contribution in [2.24, 2.45) is 0 Å². The second kappa shape index (κ2) is 11.5. The number of nitrogens with zero attached hydrogens (tertiary/aromatic N) is 3. The Kier molecular flexibility index (Phi) is 7.30. The molecule has 0 aliphatic carbocycles. The zero-order valence-electron chi connectivity index (χ0n) is 23.0. The normalized spacial score (nSPS) is 11.3. The largest absolute Gasteiger partial charge is 0.445 e. The van der Waals surface area contributed by atoms with E-state index in [-0.39, 0.29) is 6.61 Å². The number of carbonyl (C=O) groups is 2. The summed E-state index contributed by atoms with van der Waals surface area (Å²) in [6.45, 7) is 0.0913. The number of hydrogen-bond donors (Lipinski definition) is 1. The second-order valence-corrected chi connectivity index (χ2v) is 9.86. The van der Waals surface area contributed by atoms with Crippen LogP contribution in [0.25, 0.3) is 22.0 Å². The molecule has 4 aromatic carbocycles. The van der Waals surface area contributed by atoms with Gasteiger partial charge in [0.1, 0.15) is 17.8 Å². The van der Waals surface area contributed by atoms with Crippen LogP contribution in [0.5, 0.6) is 0 Å². The Morgan fingerprint density at radius 2 is 1.40 bits per heavy atom. The topological polar surface area (TPSA) is 86.1 Å². The first-order chi connectivity index (χ1) is 20.6. The molecule has 6 rings (SSSR count). The van der Waals surface area contributed by atoms with Crippen LogP contribution in [0.4, 0.5) is 4.79 Å². The third-order valence-corrected chi connectivity index (χ3v) is 7.41. The number of benzene rings is 4. The minimum Gasteiger partial charge on any atom is -0.445 e. The molecule has 2 aromatic heterocycles. The standard InChI is InChI=1S/C35H28N4O3/c1-36-34(41)42-24-25-19-27(22-37-21-25)26-17-18-33-31(20-26)32(23-40)38-39(33)35(28-11-5-2-6-12-28,29-13-7-3-8-14-29)30-15-9-4-10-16-30/h2-23H,24H2,1H3,(H,36,41). The van der Waals surface area contributed by atoms with Crippen LogP contribution in [0, 0.1) is 0 Å². The Bertz CT molecular complexity index is 1760. The van der Waals surface area contributed by atoms with E-state index in [0.717, 1.165) is 50.6 Å². The molecule has 7 heteroatoms. The van der Waals surface area contributed by atoms with Gasteiger partial charge < -0.3 is 10.1 Å². The van der Waals surface area contributed by atoms with Crippen LogP contribution >= 0.6 is 0 Å². The minimum atomic E-state index is -0.858. The molecule has 2 heterocycles. The van der Waals surface area contributed by atoms with Crippen LogP contribution in [0.15, 0.2) is 128 Å². The third-order valence-electron chi connectivity index (χ3n) is 7.41. The molecule has 0 spiro atoms. The van der Waals surface area contributed by atoms with Crippen LogP contribution in [0.3, 0.4) is 0 Å². The van der Waals surface area contributed by atoms with Crippen LogP contribution in [-0.2, 0) is 16.9 Å². The number of pyridine rings is 1. The molecule has 0 saturated heterocycles. The molecule has 0 atom stereocenters. The molecule has 0 fully saturated rings. The highest BCUT2D eigenvalue weighted by atomic mass is 16.5. The van der Waals surface area contributed by atoms with Crippen molar-refractivity contribution in [1.29, 1.82) is 0 Å². The van der Waals surface area contributed by atoms with Gasteiger partial charge >= 0.3 is 6.09 Å².